The molecule has 0 aromatic heterocycles. The monoisotopic (exact) mass is 459 g/mol. The molecule has 0 saturated heterocycles. The molecule has 190 valence electrons. The van der Waals surface area contributed by atoms with Crippen LogP contribution in [0.3, 0.4) is 0 Å². The fourth-order valence-corrected chi connectivity index (χ4v) is 4.18. The number of hydrogen-bond acceptors (Lipinski definition) is 3. The standard InChI is InChI=1S/C30H53NO2/c1-3-5-7-8-9-10-11-12-13-14-15-16-17-18-19-20-24-31-27-28-22-23-29(26-30(28)32)33-25-21-6-4-2/h22-23,26-27,32H,3-21,24-25H2,1-2H3. The van der Waals surface area contributed by atoms with E-state index in [-0.39, 0.29) is 5.75 Å². The molecule has 0 saturated carbocycles. The lowest BCUT2D eigenvalue weighted by Crippen LogP contribution is -1.97. The Morgan fingerprint density at radius 2 is 1.15 bits per heavy atom. The van der Waals surface area contributed by atoms with Crippen LogP contribution in [-0.4, -0.2) is 24.5 Å². The van der Waals surface area contributed by atoms with Crippen LogP contribution in [0.1, 0.15) is 141 Å². The second-order valence-corrected chi connectivity index (χ2v) is 9.61. The molecule has 0 spiro atoms. The van der Waals surface area contributed by atoms with E-state index in [9.17, 15) is 5.11 Å². The van der Waals surface area contributed by atoms with Gasteiger partial charge in [-0.3, -0.25) is 4.99 Å². The molecule has 1 rings (SSSR count). The van der Waals surface area contributed by atoms with Crippen LogP contribution in [0.5, 0.6) is 11.5 Å². The molecule has 0 aliphatic heterocycles. The topological polar surface area (TPSA) is 41.8 Å². The smallest absolute Gasteiger partial charge is 0.128 e. The van der Waals surface area contributed by atoms with Gasteiger partial charge in [0.15, 0.2) is 0 Å². The molecule has 3 nitrogen and oxygen atoms in total. The zero-order valence-corrected chi connectivity index (χ0v) is 22.0. The van der Waals surface area contributed by atoms with E-state index < -0.39 is 0 Å². The summed E-state index contributed by atoms with van der Waals surface area (Å²) in [6, 6.07) is 5.51. The minimum Gasteiger partial charge on any atom is -0.507 e. The van der Waals surface area contributed by atoms with Crippen LogP contribution in [0.4, 0.5) is 0 Å². The Balaban J connectivity index is 1.92. The Kier molecular flexibility index (Phi) is 19.9. The first kappa shape index (κ1) is 29.5. The number of rotatable bonds is 23. The Hall–Kier alpha value is -1.51. The minimum atomic E-state index is 0.249. The molecule has 0 bridgehead atoms. The molecule has 0 atom stereocenters. The maximum Gasteiger partial charge on any atom is 0.128 e. The summed E-state index contributed by atoms with van der Waals surface area (Å²) in [5.74, 6) is 0.984. The van der Waals surface area contributed by atoms with Gasteiger partial charge in [-0.25, -0.2) is 0 Å². The highest BCUT2D eigenvalue weighted by Crippen LogP contribution is 2.22. The van der Waals surface area contributed by atoms with Crippen LogP contribution >= 0.6 is 0 Å². The predicted molar refractivity (Wildman–Crippen MR) is 145 cm³/mol. The summed E-state index contributed by atoms with van der Waals surface area (Å²) in [5.41, 5.74) is 0.771. The number of aliphatic imine (C=N–C) groups is 1. The van der Waals surface area contributed by atoms with Gasteiger partial charge in [0.2, 0.25) is 0 Å². The van der Waals surface area contributed by atoms with Crippen LogP contribution in [-0.2, 0) is 0 Å². The summed E-state index contributed by atoms with van der Waals surface area (Å²) in [6.07, 6.45) is 27.4. The summed E-state index contributed by atoms with van der Waals surface area (Å²) in [4.78, 5) is 4.50. The maximum absolute atomic E-state index is 10.2. The average molecular weight is 460 g/mol. The number of hydrogen-bond donors (Lipinski definition) is 1. The summed E-state index contributed by atoms with van der Waals surface area (Å²) in [5, 5.41) is 10.2. The molecule has 0 heterocycles. The number of ether oxygens (including phenoxy) is 1. The van der Waals surface area contributed by atoms with Gasteiger partial charge in [0.25, 0.3) is 0 Å². The first-order valence-corrected chi connectivity index (χ1v) is 14.2. The van der Waals surface area contributed by atoms with E-state index >= 15 is 0 Å². The van der Waals surface area contributed by atoms with E-state index in [0.29, 0.717) is 6.61 Å². The summed E-state index contributed by atoms with van der Waals surface area (Å²) >= 11 is 0. The molecule has 1 aromatic carbocycles. The van der Waals surface area contributed by atoms with Crippen molar-refractivity contribution in [3.05, 3.63) is 23.8 Å². The van der Waals surface area contributed by atoms with E-state index in [1.54, 1.807) is 12.3 Å². The molecule has 0 amide bonds. The Labute approximate surface area is 205 Å². The Morgan fingerprint density at radius 1 is 0.667 bits per heavy atom. The van der Waals surface area contributed by atoms with Crippen molar-refractivity contribution in [3.8, 4) is 11.5 Å². The van der Waals surface area contributed by atoms with Crippen molar-refractivity contribution in [1.29, 1.82) is 0 Å². The van der Waals surface area contributed by atoms with E-state index in [2.05, 4.69) is 18.8 Å². The van der Waals surface area contributed by atoms with E-state index in [4.69, 9.17) is 4.74 Å². The van der Waals surface area contributed by atoms with Crippen molar-refractivity contribution in [3.63, 3.8) is 0 Å². The van der Waals surface area contributed by atoms with Crippen molar-refractivity contribution in [1.82, 2.24) is 0 Å². The van der Waals surface area contributed by atoms with Crippen molar-refractivity contribution < 1.29 is 9.84 Å². The van der Waals surface area contributed by atoms with Gasteiger partial charge < -0.3 is 9.84 Å². The number of nitrogens with zero attached hydrogens (tertiary/aromatic N) is 1. The third-order valence-electron chi connectivity index (χ3n) is 6.39. The number of phenols is 1. The molecule has 3 heteroatoms. The van der Waals surface area contributed by atoms with Gasteiger partial charge in [0, 0.05) is 24.4 Å². The van der Waals surface area contributed by atoms with Gasteiger partial charge in [-0.2, -0.15) is 0 Å². The molecule has 0 aliphatic rings. The van der Waals surface area contributed by atoms with Gasteiger partial charge in [0.05, 0.1) is 6.61 Å². The minimum absolute atomic E-state index is 0.249. The van der Waals surface area contributed by atoms with Crippen LogP contribution in [0, 0.1) is 0 Å². The molecule has 0 aliphatic carbocycles. The lowest BCUT2D eigenvalue weighted by molar-refractivity contribution is 0.304. The Morgan fingerprint density at radius 3 is 1.67 bits per heavy atom. The fraction of sp³-hybridized carbons (Fsp3) is 0.767. The van der Waals surface area contributed by atoms with Crippen LogP contribution in [0.2, 0.25) is 0 Å². The van der Waals surface area contributed by atoms with Crippen molar-refractivity contribution in [2.45, 2.75) is 136 Å². The summed E-state index contributed by atoms with van der Waals surface area (Å²) in [7, 11) is 0. The third kappa shape index (κ3) is 17.6. The number of phenolic OH excluding ortho intramolecular Hbond substituents is 1. The van der Waals surface area contributed by atoms with E-state index in [0.717, 1.165) is 30.7 Å². The van der Waals surface area contributed by atoms with Crippen molar-refractivity contribution >= 4 is 6.21 Å². The van der Waals surface area contributed by atoms with Gasteiger partial charge in [0.1, 0.15) is 11.5 Å². The van der Waals surface area contributed by atoms with Crippen LogP contribution in [0.25, 0.3) is 0 Å². The molecular formula is C30H53NO2. The quantitative estimate of drug-likeness (QED) is 0.131. The highest BCUT2D eigenvalue weighted by Gasteiger charge is 2.01. The summed E-state index contributed by atoms with van der Waals surface area (Å²) < 4.78 is 5.68. The lowest BCUT2D eigenvalue weighted by atomic mass is 10.0. The van der Waals surface area contributed by atoms with Gasteiger partial charge in [-0.1, -0.05) is 123 Å². The SMILES string of the molecule is CCCCCCCCCCCCCCCCCCN=Cc1ccc(OCCCCC)cc1O. The van der Waals surface area contributed by atoms with Gasteiger partial charge in [-0.05, 0) is 25.0 Å². The fourth-order valence-electron chi connectivity index (χ4n) is 4.18. The first-order chi connectivity index (χ1) is 16.3. The van der Waals surface area contributed by atoms with Crippen molar-refractivity contribution in [2.24, 2.45) is 4.99 Å². The van der Waals surface area contributed by atoms with E-state index in [1.807, 2.05) is 12.1 Å². The molecule has 33 heavy (non-hydrogen) atoms. The van der Waals surface area contributed by atoms with Gasteiger partial charge in [-0.15, -0.1) is 0 Å². The van der Waals surface area contributed by atoms with Crippen LogP contribution in [0.15, 0.2) is 23.2 Å². The molecule has 1 N–H and O–H groups in total. The molecule has 1 aromatic rings. The zero-order valence-electron chi connectivity index (χ0n) is 22.0. The highest BCUT2D eigenvalue weighted by molar-refractivity contribution is 5.83. The summed E-state index contributed by atoms with van der Waals surface area (Å²) in [6.45, 7) is 6.02. The third-order valence-corrected chi connectivity index (χ3v) is 6.39. The zero-order chi connectivity index (χ0) is 23.8. The number of benzene rings is 1. The predicted octanol–water partition coefficient (Wildman–Crippen LogP) is 9.64. The second kappa shape index (κ2) is 22.3. The molecular weight excluding hydrogens is 406 g/mol. The normalized spacial score (nSPS) is 11.5. The highest BCUT2D eigenvalue weighted by atomic mass is 16.5. The van der Waals surface area contributed by atoms with Gasteiger partial charge >= 0.3 is 0 Å². The maximum atomic E-state index is 10.2. The van der Waals surface area contributed by atoms with Crippen molar-refractivity contribution in [2.75, 3.05) is 13.2 Å². The lowest BCUT2D eigenvalue weighted by Gasteiger charge is -2.07. The molecule has 0 fully saturated rings. The molecule has 0 unspecified atom stereocenters. The first-order valence-electron chi connectivity index (χ1n) is 14.2. The molecule has 0 radical (unpaired) electrons. The largest absolute Gasteiger partial charge is 0.507 e. The second-order valence-electron chi connectivity index (χ2n) is 9.61. The Bertz CT molecular complexity index is 585. The van der Waals surface area contributed by atoms with Crippen LogP contribution < -0.4 is 4.74 Å². The number of unbranched alkanes of at least 4 members (excludes halogenated alkanes) is 17. The number of aromatic hydroxyl groups is 1. The van der Waals surface area contributed by atoms with E-state index in [1.165, 1.54) is 109 Å². The average Bonchev–Trinajstić information content (AvgIpc) is 2.82.